The fourth-order valence-corrected chi connectivity index (χ4v) is 2.93. The Kier molecular flexibility index (Phi) is 3.96. The van der Waals surface area contributed by atoms with Crippen LogP contribution in [-0.2, 0) is 10.2 Å². The van der Waals surface area contributed by atoms with E-state index in [-0.39, 0.29) is 11.9 Å². The van der Waals surface area contributed by atoms with Gasteiger partial charge in [-0.2, -0.15) is 4.98 Å². The predicted molar refractivity (Wildman–Crippen MR) is 94.3 cm³/mol. The van der Waals surface area contributed by atoms with E-state index in [4.69, 9.17) is 4.52 Å². The van der Waals surface area contributed by atoms with E-state index in [2.05, 4.69) is 41.9 Å². The molecule has 0 spiro atoms. The predicted octanol–water partition coefficient (Wildman–Crippen LogP) is 3.07. The molecule has 2 heterocycles. The highest BCUT2D eigenvalue weighted by Gasteiger charge is 2.51. The van der Waals surface area contributed by atoms with E-state index in [0.717, 1.165) is 28.4 Å². The van der Waals surface area contributed by atoms with Gasteiger partial charge < -0.3 is 4.52 Å². The van der Waals surface area contributed by atoms with Crippen molar-refractivity contribution >= 4 is 27.9 Å². The van der Waals surface area contributed by atoms with Gasteiger partial charge in [0.1, 0.15) is 0 Å². The third kappa shape index (κ3) is 3.12. The molecule has 2 N–H and O–H groups in total. The van der Waals surface area contributed by atoms with E-state index in [1.807, 2.05) is 24.3 Å². The zero-order chi connectivity index (χ0) is 17.3. The zero-order valence-corrected chi connectivity index (χ0v) is 14.7. The molecule has 1 amide bonds. The van der Waals surface area contributed by atoms with Crippen LogP contribution in [0.1, 0.15) is 18.4 Å². The molecule has 8 heteroatoms. The van der Waals surface area contributed by atoms with Crippen molar-refractivity contribution in [2.45, 2.75) is 18.3 Å². The lowest BCUT2D eigenvalue weighted by atomic mass is 9.95. The Labute approximate surface area is 152 Å². The van der Waals surface area contributed by atoms with Crippen molar-refractivity contribution in [3.8, 4) is 11.4 Å². The first kappa shape index (κ1) is 15.8. The monoisotopic (exact) mass is 399 g/mol. The van der Waals surface area contributed by atoms with E-state index < -0.39 is 5.41 Å². The Balaban J connectivity index is 1.43. The molecule has 7 nitrogen and oxygen atoms in total. The van der Waals surface area contributed by atoms with Gasteiger partial charge in [0, 0.05) is 22.4 Å². The van der Waals surface area contributed by atoms with Gasteiger partial charge in [-0.15, -0.1) is 0 Å². The van der Waals surface area contributed by atoms with Gasteiger partial charge in [-0.05, 0) is 42.7 Å². The molecule has 4 rings (SSSR count). The molecular weight excluding hydrogens is 386 g/mol. The van der Waals surface area contributed by atoms with Crippen LogP contribution in [-0.4, -0.2) is 21.0 Å². The second kappa shape index (κ2) is 6.29. The van der Waals surface area contributed by atoms with E-state index in [0.29, 0.717) is 5.82 Å². The van der Waals surface area contributed by atoms with Crippen LogP contribution in [0, 0.1) is 0 Å². The molecule has 1 fully saturated rings. The number of pyridine rings is 1. The van der Waals surface area contributed by atoms with Crippen LogP contribution < -0.4 is 10.9 Å². The summed E-state index contributed by atoms with van der Waals surface area (Å²) < 4.78 is 6.10. The quantitative estimate of drug-likeness (QED) is 0.640. The number of rotatable bonds is 5. The lowest BCUT2D eigenvalue weighted by Gasteiger charge is -2.15. The number of nitrogens with one attached hydrogen (secondary N) is 2. The van der Waals surface area contributed by atoms with Gasteiger partial charge in [-0.3, -0.25) is 15.2 Å². The van der Waals surface area contributed by atoms with Crippen molar-refractivity contribution in [1.82, 2.24) is 20.6 Å². The molecule has 0 radical (unpaired) electrons. The van der Waals surface area contributed by atoms with E-state index >= 15 is 0 Å². The van der Waals surface area contributed by atoms with Crippen molar-refractivity contribution in [2.75, 3.05) is 5.43 Å². The second-order valence-electron chi connectivity index (χ2n) is 5.83. The third-order valence-electron chi connectivity index (χ3n) is 4.23. The lowest BCUT2D eigenvalue weighted by Crippen LogP contribution is -2.38. The molecule has 0 aliphatic heterocycles. The maximum Gasteiger partial charge on any atom is 0.340 e. The average Bonchev–Trinajstić information content (AvgIpc) is 3.32. The van der Waals surface area contributed by atoms with Crippen molar-refractivity contribution in [3.05, 3.63) is 58.8 Å². The van der Waals surface area contributed by atoms with Crippen molar-refractivity contribution in [2.24, 2.45) is 0 Å². The zero-order valence-electron chi connectivity index (χ0n) is 13.1. The Morgan fingerprint density at radius 2 is 1.84 bits per heavy atom. The van der Waals surface area contributed by atoms with Crippen LogP contribution in [0.5, 0.6) is 0 Å². The van der Waals surface area contributed by atoms with Crippen LogP contribution >= 0.6 is 15.9 Å². The maximum absolute atomic E-state index is 12.6. The number of halogens is 1. The normalized spacial score (nSPS) is 14.8. The van der Waals surface area contributed by atoms with Crippen molar-refractivity contribution in [3.63, 3.8) is 0 Å². The molecule has 25 heavy (non-hydrogen) atoms. The fourth-order valence-electron chi connectivity index (χ4n) is 2.66. The van der Waals surface area contributed by atoms with Gasteiger partial charge in [-0.1, -0.05) is 33.2 Å². The molecule has 0 bridgehead atoms. The number of anilines is 1. The highest BCUT2D eigenvalue weighted by molar-refractivity contribution is 9.10. The van der Waals surface area contributed by atoms with Gasteiger partial charge in [-0.25, -0.2) is 5.43 Å². The van der Waals surface area contributed by atoms with Gasteiger partial charge in [0.2, 0.25) is 11.7 Å². The number of hydrazine groups is 1. The van der Waals surface area contributed by atoms with Gasteiger partial charge >= 0.3 is 6.01 Å². The Hall–Kier alpha value is -2.74. The Morgan fingerprint density at radius 3 is 2.52 bits per heavy atom. The second-order valence-corrected chi connectivity index (χ2v) is 6.74. The average molecular weight is 400 g/mol. The molecule has 0 saturated heterocycles. The molecule has 0 unspecified atom stereocenters. The van der Waals surface area contributed by atoms with Crippen molar-refractivity contribution in [1.29, 1.82) is 0 Å². The minimum absolute atomic E-state index is 0.113. The van der Waals surface area contributed by atoms with Crippen LogP contribution in [0.25, 0.3) is 11.4 Å². The number of benzene rings is 1. The first-order valence-corrected chi connectivity index (χ1v) is 8.53. The summed E-state index contributed by atoms with van der Waals surface area (Å²) in [5.74, 6) is 0.312. The first-order chi connectivity index (χ1) is 12.2. The van der Waals surface area contributed by atoms with E-state index in [1.54, 1.807) is 24.5 Å². The highest BCUT2D eigenvalue weighted by Crippen LogP contribution is 2.48. The van der Waals surface area contributed by atoms with Crippen LogP contribution in [0.2, 0.25) is 0 Å². The largest absolute Gasteiger partial charge is 0.340 e. The van der Waals surface area contributed by atoms with Gasteiger partial charge in [0.05, 0.1) is 5.41 Å². The standard InChI is InChI=1S/C17H14BrN5O2/c18-13-3-1-12(2-4-13)17(7-8-17)15(24)21-22-16-20-14(23-25-16)11-5-9-19-10-6-11/h1-6,9-10H,7-8H2,(H,21,24)(H,20,22,23). The molecule has 1 aliphatic rings. The van der Waals surface area contributed by atoms with Gasteiger partial charge in [0.15, 0.2) is 0 Å². The first-order valence-electron chi connectivity index (χ1n) is 7.74. The summed E-state index contributed by atoms with van der Waals surface area (Å²) >= 11 is 3.41. The summed E-state index contributed by atoms with van der Waals surface area (Å²) in [6, 6.07) is 11.5. The molecule has 1 aromatic carbocycles. The fraction of sp³-hybridized carbons (Fsp3) is 0.176. The smallest absolute Gasteiger partial charge is 0.313 e. The number of carbonyl (C=O) groups excluding carboxylic acids is 1. The van der Waals surface area contributed by atoms with Crippen LogP contribution in [0.3, 0.4) is 0 Å². The molecule has 0 atom stereocenters. The summed E-state index contributed by atoms with van der Waals surface area (Å²) in [5.41, 5.74) is 6.67. The van der Waals surface area contributed by atoms with E-state index in [9.17, 15) is 4.79 Å². The minimum atomic E-state index is -0.484. The number of amides is 1. The summed E-state index contributed by atoms with van der Waals surface area (Å²) in [6.07, 6.45) is 4.92. The Bertz CT molecular complexity index is 891. The SMILES string of the molecule is O=C(NNc1nc(-c2ccncc2)no1)C1(c2ccc(Br)cc2)CC1. The molecule has 126 valence electrons. The van der Waals surface area contributed by atoms with Gasteiger partial charge in [0.25, 0.3) is 0 Å². The third-order valence-corrected chi connectivity index (χ3v) is 4.76. The minimum Gasteiger partial charge on any atom is -0.313 e. The summed E-state index contributed by atoms with van der Waals surface area (Å²) in [5, 5.41) is 3.88. The lowest BCUT2D eigenvalue weighted by molar-refractivity contribution is -0.123. The summed E-state index contributed by atoms with van der Waals surface area (Å²) in [4.78, 5) is 20.7. The summed E-state index contributed by atoms with van der Waals surface area (Å²) in [6.45, 7) is 0. The van der Waals surface area contributed by atoms with Crippen molar-refractivity contribution < 1.29 is 9.32 Å². The molecule has 1 saturated carbocycles. The Morgan fingerprint density at radius 1 is 1.12 bits per heavy atom. The maximum atomic E-state index is 12.6. The number of nitrogens with zero attached hydrogens (tertiary/aromatic N) is 3. The van der Waals surface area contributed by atoms with Crippen LogP contribution in [0.4, 0.5) is 6.01 Å². The van der Waals surface area contributed by atoms with E-state index in [1.165, 1.54) is 0 Å². The number of hydrogen-bond donors (Lipinski definition) is 2. The highest BCUT2D eigenvalue weighted by atomic mass is 79.9. The number of carbonyl (C=O) groups is 1. The molecular formula is C17H14BrN5O2. The number of hydrogen-bond acceptors (Lipinski definition) is 6. The van der Waals surface area contributed by atoms with Crippen LogP contribution in [0.15, 0.2) is 57.8 Å². The molecule has 2 aromatic heterocycles. The molecule has 3 aromatic rings. The molecule has 1 aliphatic carbocycles. The summed E-state index contributed by atoms with van der Waals surface area (Å²) in [7, 11) is 0. The number of aromatic nitrogens is 3. The topological polar surface area (TPSA) is 92.9 Å².